The molecule has 0 bridgehead atoms. The van der Waals surface area contributed by atoms with Crippen LogP contribution in [0.3, 0.4) is 0 Å². The predicted molar refractivity (Wildman–Crippen MR) is 121 cm³/mol. The van der Waals surface area contributed by atoms with E-state index in [4.69, 9.17) is 22.0 Å². The number of halogens is 1. The van der Waals surface area contributed by atoms with E-state index in [1.807, 2.05) is 50.5 Å². The van der Waals surface area contributed by atoms with Crippen molar-refractivity contribution < 1.29 is 0 Å². The van der Waals surface area contributed by atoms with Crippen LogP contribution >= 0.6 is 11.6 Å². The maximum Gasteiger partial charge on any atom is 0.228 e. The van der Waals surface area contributed by atoms with Gasteiger partial charge in [0.2, 0.25) is 5.95 Å². The normalized spacial score (nSPS) is 19.0. The third-order valence-electron chi connectivity index (χ3n) is 5.54. The van der Waals surface area contributed by atoms with E-state index in [1.165, 1.54) is 0 Å². The molecule has 0 amide bonds. The summed E-state index contributed by atoms with van der Waals surface area (Å²) in [6.07, 6.45) is 2.49. The highest BCUT2D eigenvalue weighted by atomic mass is 35.5. The molecule has 0 spiro atoms. The summed E-state index contributed by atoms with van der Waals surface area (Å²) in [4.78, 5) is 13.9. The van der Waals surface area contributed by atoms with Crippen molar-refractivity contribution in [1.29, 1.82) is 5.41 Å². The molecule has 3 aromatic rings. The highest BCUT2D eigenvalue weighted by Crippen LogP contribution is 2.38. The van der Waals surface area contributed by atoms with Crippen molar-refractivity contribution in [2.24, 2.45) is 12.0 Å². The van der Waals surface area contributed by atoms with Crippen LogP contribution < -0.4 is 5.32 Å². The second-order valence-electron chi connectivity index (χ2n) is 7.61. The van der Waals surface area contributed by atoms with E-state index >= 15 is 0 Å². The van der Waals surface area contributed by atoms with Gasteiger partial charge in [0.05, 0.1) is 17.3 Å². The standard InChI is InChI=1S/C22H24ClN7/c1-12-9-17(24)19(20(25-3)14-7-5-6-8-16(14)23)21-15(12)11-26-22(28-21)27-18-10-13(2)30(4)29-18/h5-8,10-12,19,24H,9H2,1-4H3,(H,26,27,28,29). The lowest BCUT2D eigenvalue weighted by Crippen LogP contribution is -2.31. The second-order valence-corrected chi connectivity index (χ2v) is 8.01. The first-order valence-electron chi connectivity index (χ1n) is 9.82. The molecular formula is C22H24ClN7. The monoisotopic (exact) mass is 421 g/mol. The summed E-state index contributed by atoms with van der Waals surface area (Å²) in [5.74, 6) is 0.934. The van der Waals surface area contributed by atoms with E-state index in [0.29, 0.717) is 28.9 Å². The molecule has 0 aliphatic heterocycles. The van der Waals surface area contributed by atoms with Gasteiger partial charge in [-0.25, -0.2) is 9.97 Å². The zero-order valence-corrected chi connectivity index (χ0v) is 18.2. The number of benzene rings is 1. The third-order valence-corrected chi connectivity index (χ3v) is 5.87. The molecule has 2 atom stereocenters. The Labute approximate surface area is 180 Å². The Balaban J connectivity index is 1.79. The van der Waals surface area contributed by atoms with Crippen LogP contribution in [-0.4, -0.2) is 38.2 Å². The van der Waals surface area contributed by atoms with E-state index < -0.39 is 0 Å². The van der Waals surface area contributed by atoms with Crippen molar-refractivity contribution >= 4 is 34.8 Å². The first-order valence-corrected chi connectivity index (χ1v) is 10.2. The predicted octanol–water partition coefficient (Wildman–Crippen LogP) is 4.65. The Morgan fingerprint density at radius 1 is 1.33 bits per heavy atom. The molecule has 2 heterocycles. The van der Waals surface area contributed by atoms with Crippen LogP contribution in [-0.2, 0) is 7.05 Å². The van der Waals surface area contributed by atoms with Gasteiger partial charge in [-0.2, -0.15) is 5.10 Å². The zero-order valence-electron chi connectivity index (χ0n) is 17.4. The molecule has 8 heteroatoms. The molecular weight excluding hydrogens is 398 g/mol. The third kappa shape index (κ3) is 3.61. The average Bonchev–Trinajstić information content (AvgIpc) is 3.02. The van der Waals surface area contributed by atoms with Crippen LogP contribution in [0.2, 0.25) is 5.02 Å². The number of fused-ring (bicyclic) bond motifs is 1. The van der Waals surface area contributed by atoms with E-state index in [0.717, 1.165) is 28.2 Å². The number of aliphatic imine (C=N–C) groups is 1. The molecule has 1 aliphatic carbocycles. The van der Waals surface area contributed by atoms with E-state index in [1.54, 1.807) is 11.7 Å². The lowest BCUT2D eigenvalue weighted by atomic mass is 9.76. The highest BCUT2D eigenvalue weighted by molar-refractivity contribution is 6.35. The number of anilines is 2. The molecule has 2 aromatic heterocycles. The molecule has 0 saturated carbocycles. The van der Waals surface area contributed by atoms with Crippen LogP contribution in [0.15, 0.2) is 41.5 Å². The van der Waals surface area contributed by atoms with Crippen molar-refractivity contribution in [3.05, 3.63) is 64.1 Å². The molecule has 30 heavy (non-hydrogen) atoms. The van der Waals surface area contributed by atoms with Gasteiger partial charge >= 0.3 is 0 Å². The van der Waals surface area contributed by atoms with Gasteiger partial charge in [-0.15, -0.1) is 0 Å². The fourth-order valence-corrected chi connectivity index (χ4v) is 4.14. The number of nitrogens with zero attached hydrogens (tertiary/aromatic N) is 5. The smallest absolute Gasteiger partial charge is 0.228 e. The summed E-state index contributed by atoms with van der Waals surface area (Å²) in [5, 5.41) is 17.0. The summed E-state index contributed by atoms with van der Waals surface area (Å²) < 4.78 is 1.79. The number of aromatic nitrogens is 4. The summed E-state index contributed by atoms with van der Waals surface area (Å²) in [7, 11) is 3.63. The first-order chi connectivity index (χ1) is 14.4. The van der Waals surface area contributed by atoms with Crippen LogP contribution in [0.1, 0.15) is 47.7 Å². The molecule has 0 fully saturated rings. The molecule has 0 radical (unpaired) electrons. The van der Waals surface area contributed by atoms with Crippen LogP contribution in [0, 0.1) is 12.3 Å². The number of nitrogens with one attached hydrogen (secondary N) is 2. The Kier molecular flexibility index (Phi) is 5.39. The Morgan fingerprint density at radius 3 is 2.77 bits per heavy atom. The molecule has 2 N–H and O–H groups in total. The minimum atomic E-state index is -0.366. The minimum absolute atomic E-state index is 0.166. The second kappa shape index (κ2) is 7.99. The molecule has 1 aromatic carbocycles. The van der Waals surface area contributed by atoms with Crippen molar-refractivity contribution in [3.63, 3.8) is 0 Å². The maximum absolute atomic E-state index is 8.76. The van der Waals surface area contributed by atoms with Crippen molar-refractivity contribution in [1.82, 2.24) is 19.7 Å². The Morgan fingerprint density at radius 2 is 2.10 bits per heavy atom. The van der Waals surface area contributed by atoms with E-state index in [-0.39, 0.29) is 11.8 Å². The highest BCUT2D eigenvalue weighted by Gasteiger charge is 2.35. The van der Waals surface area contributed by atoms with Crippen LogP contribution in [0.25, 0.3) is 0 Å². The topological polar surface area (TPSA) is 91.8 Å². The summed E-state index contributed by atoms with van der Waals surface area (Å²) in [6, 6.07) is 9.54. The number of aryl methyl sites for hydroxylation is 2. The van der Waals surface area contributed by atoms with Gasteiger partial charge in [0.25, 0.3) is 0 Å². The summed E-state index contributed by atoms with van der Waals surface area (Å²) >= 11 is 6.47. The van der Waals surface area contributed by atoms with Crippen molar-refractivity contribution in [2.75, 3.05) is 12.4 Å². The van der Waals surface area contributed by atoms with Gasteiger partial charge in [0.1, 0.15) is 0 Å². The fraction of sp³-hybridized carbons (Fsp3) is 0.318. The van der Waals surface area contributed by atoms with Gasteiger partial charge in [-0.1, -0.05) is 36.7 Å². The summed E-state index contributed by atoms with van der Waals surface area (Å²) in [6.45, 7) is 4.08. The summed E-state index contributed by atoms with van der Waals surface area (Å²) in [5.41, 5.74) is 5.01. The SMILES string of the molecule is CN=C(c1ccccc1Cl)C1C(=N)CC(C)c2cnc(Nc3cc(C)n(C)n3)nc21. The first kappa shape index (κ1) is 20.2. The molecule has 7 nitrogen and oxygen atoms in total. The van der Waals surface area contributed by atoms with Crippen molar-refractivity contribution in [2.45, 2.75) is 32.1 Å². The van der Waals surface area contributed by atoms with E-state index in [9.17, 15) is 0 Å². The van der Waals surface area contributed by atoms with Gasteiger partial charge < -0.3 is 10.7 Å². The average molecular weight is 422 g/mol. The van der Waals surface area contributed by atoms with Gasteiger partial charge in [0, 0.05) is 48.4 Å². The Bertz CT molecular complexity index is 1130. The maximum atomic E-state index is 8.76. The van der Waals surface area contributed by atoms with Crippen molar-refractivity contribution in [3.8, 4) is 0 Å². The van der Waals surface area contributed by atoms with Crippen LogP contribution in [0.4, 0.5) is 11.8 Å². The van der Waals surface area contributed by atoms with Gasteiger partial charge in [0.15, 0.2) is 5.82 Å². The molecule has 0 saturated heterocycles. The lowest BCUT2D eigenvalue weighted by molar-refractivity contribution is 0.723. The van der Waals surface area contributed by atoms with Crippen LogP contribution in [0.5, 0.6) is 0 Å². The van der Waals surface area contributed by atoms with Gasteiger partial charge in [-0.3, -0.25) is 9.67 Å². The number of rotatable bonds is 4. The Hall–Kier alpha value is -3.06. The van der Waals surface area contributed by atoms with Gasteiger partial charge in [-0.05, 0) is 30.9 Å². The zero-order chi connectivity index (χ0) is 21.4. The molecule has 2 unspecified atom stereocenters. The lowest BCUT2D eigenvalue weighted by Gasteiger charge is -2.30. The fourth-order valence-electron chi connectivity index (χ4n) is 3.90. The molecule has 154 valence electrons. The number of hydrogen-bond donors (Lipinski definition) is 2. The molecule has 4 rings (SSSR count). The number of hydrogen-bond acceptors (Lipinski definition) is 6. The minimum Gasteiger partial charge on any atom is -0.309 e. The quantitative estimate of drug-likeness (QED) is 0.600. The molecule has 1 aliphatic rings. The largest absolute Gasteiger partial charge is 0.309 e. The van der Waals surface area contributed by atoms with E-state index in [2.05, 4.69) is 27.3 Å².